The van der Waals surface area contributed by atoms with Crippen LogP contribution in [0, 0.1) is 5.82 Å². The Labute approximate surface area is 153 Å². The predicted octanol–water partition coefficient (Wildman–Crippen LogP) is 4.54. The molecule has 1 aromatic heterocycles. The number of amides is 1. The largest absolute Gasteiger partial charge is 0.300 e. The molecule has 128 valence electrons. The van der Waals surface area contributed by atoms with Crippen LogP contribution in [0.25, 0.3) is 0 Å². The minimum atomic E-state index is -0.286. The highest BCUT2D eigenvalue weighted by Gasteiger charge is 2.10. The molecule has 1 heterocycles. The summed E-state index contributed by atoms with van der Waals surface area (Å²) in [4.78, 5) is 12.0. The lowest BCUT2D eigenvalue weighted by Crippen LogP contribution is -2.12. The van der Waals surface area contributed by atoms with Crippen molar-refractivity contribution >= 4 is 34.1 Å². The van der Waals surface area contributed by atoms with Gasteiger partial charge in [0.15, 0.2) is 4.34 Å². The Kier molecular flexibility index (Phi) is 6.14. The third kappa shape index (κ3) is 5.37. The van der Waals surface area contributed by atoms with Gasteiger partial charge in [-0.25, -0.2) is 4.39 Å². The predicted molar refractivity (Wildman–Crippen MR) is 99.3 cm³/mol. The van der Waals surface area contributed by atoms with E-state index in [-0.39, 0.29) is 18.1 Å². The Balaban J connectivity index is 1.47. The second-order valence-electron chi connectivity index (χ2n) is 5.29. The highest BCUT2D eigenvalue weighted by atomic mass is 32.2. The molecule has 7 heteroatoms. The van der Waals surface area contributed by atoms with Gasteiger partial charge in [0.25, 0.3) is 0 Å². The van der Waals surface area contributed by atoms with Crippen molar-refractivity contribution in [3.05, 3.63) is 71.5 Å². The molecule has 0 aliphatic heterocycles. The van der Waals surface area contributed by atoms with Gasteiger partial charge in [0.05, 0.1) is 0 Å². The van der Waals surface area contributed by atoms with Crippen LogP contribution < -0.4 is 5.32 Å². The summed E-state index contributed by atoms with van der Waals surface area (Å²) in [5.41, 5.74) is 1.74. The summed E-state index contributed by atoms with van der Waals surface area (Å²) in [6.07, 6.45) is 0.555. The smallest absolute Gasteiger partial charge is 0.226 e. The molecule has 0 fully saturated rings. The molecule has 1 N–H and O–H groups in total. The second-order valence-corrected chi connectivity index (χ2v) is 7.49. The zero-order valence-corrected chi connectivity index (χ0v) is 14.9. The van der Waals surface area contributed by atoms with E-state index in [1.807, 2.05) is 18.2 Å². The average Bonchev–Trinajstić information content (AvgIpc) is 3.07. The van der Waals surface area contributed by atoms with Crippen LogP contribution in [0.15, 0.2) is 58.9 Å². The van der Waals surface area contributed by atoms with E-state index < -0.39 is 0 Å². The fourth-order valence-corrected chi connectivity index (χ4v) is 3.89. The minimum Gasteiger partial charge on any atom is -0.300 e. The summed E-state index contributed by atoms with van der Waals surface area (Å²) in [5, 5.41) is 11.2. The van der Waals surface area contributed by atoms with Gasteiger partial charge >= 0.3 is 0 Å². The number of hydrogen-bond acceptors (Lipinski definition) is 5. The highest BCUT2D eigenvalue weighted by molar-refractivity contribution is 8.00. The minimum absolute atomic E-state index is 0.195. The van der Waals surface area contributed by atoms with Crippen molar-refractivity contribution in [3.63, 3.8) is 0 Å². The van der Waals surface area contributed by atoms with Crippen LogP contribution in [0.2, 0.25) is 0 Å². The molecular weight excluding hydrogens is 357 g/mol. The fourth-order valence-electron chi connectivity index (χ4n) is 2.17. The van der Waals surface area contributed by atoms with E-state index in [4.69, 9.17) is 0 Å². The molecule has 0 bridgehead atoms. The second kappa shape index (κ2) is 8.73. The van der Waals surface area contributed by atoms with Gasteiger partial charge in [-0.2, -0.15) is 0 Å². The van der Waals surface area contributed by atoms with Gasteiger partial charge in [0.1, 0.15) is 5.82 Å². The SMILES string of the molecule is O=C(CCc1ccccc1F)Nc1nnc(SCc2ccccc2)s1. The van der Waals surface area contributed by atoms with Crippen LogP contribution in [-0.2, 0) is 17.0 Å². The molecule has 3 rings (SSSR count). The Bertz CT molecular complexity index is 839. The van der Waals surface area contributed by atoms with Crippen molar-refractivity contribution in [1.29, 1.82) is 0 Å². The van der Waals surface area contributed by atoms with Crippen molar-refractivity contribution in [1.82, 2.24) is 10.2 Å². The molecule has 0 spiro atoms. The van der Waals surface area contributed by atoms with E-state index in [0.717, 1.165) is 10.1 Å². The van der Waals surface area contributed by atoms with Crippen LogP contribution in [0.1, 0.15) is 17.5 Å². The highest BCUT2D eigenvalue weighted by Crippen LogP contribution is 2.28. The third-order valence-corrected chi connectivity index (χ3v) is 5.48. The summed E-state index contributed by atoms with van der Waals surface area (Å²) >= 11 is 2.92. The number of aromatic nitrogens is 2. The van der Waals surface area contributed by atoms with E-state index in [1.54, 1.807) is 30.0 Å². The molecule has 0 saturated heterocycles. The van der Waals surface area contributed by atoms with Gasteiger partial charge in [-0.3, -0.25) is 4.79 Å². The Hall–Kier alpha value is -2.25. The third-order valence-electron chi connectivity index (χ3n) is 3.44. The average molecular weight is 373 g/mol. The van der Waals surface area contributed by atoms with Gasteiger partial charge in [0, 0.05) is 12.2 Å². The normalized spacial score (nSPS) is 10.6. The maximum Gasteiger partial charge on any atom is 0.226 e. The number of thioether (sulfide) groups is 1. The molecule has 0 aliphatic rings. The van der Waals surface area contributed by atoms with Crippen LogP contribution in [0.3, 0.4) is 0 Å². The lowest BCUT2D eigenvalue weighted by Gasteiger charge is -2.02. The first-order valence-electron chi connectivity index (χ1n) is 7.74. The number of hydrogen-bond donors (Lipinski definition) is 1. The molecule has 2 aromatic carbocycles. The zero-order valence-electron chi connectivity index (χ0n) is 13.3. The molecule has 0 saturated carbocycles. The zero-order chi connectivity index (χ0) is 17.5. The van der Waals surface area contributed by atoms with E-state index in [2.05, 4.69) is 27.6 Å². The van der Waals surface area contributed by atoms with Crippen molar-refractivity contribution in [2.24, 2.45) is 0 Å². The first-order chi connectivity index (χ1) is 12.2. The van der Waals surface area contributed by atoms with E-state index >= 15 is 0 Å². The lowest BCUT2D eigenvalue weighted by molar-refractivity contribution is -0.116. The number of carbonyl (C=O) groups is 1. The molecule has 3 aromatic rings. The molecule has 0 unspecified atom stereocenters. The Morgan fingerprint density at radius 1 is 1.08 bits per heavy atom. The van der Waals surface area contributed by atoms with E-state index in [1.165, 1.54) is 23.0 Å². The Morgan fingerprint density at radius 3 is 2.64 bits per heavy atom. The maximum atomic E-state index is 13.5. The number of halogens is 1. The number of nitrogens with zero attached hydrogens (tertiary/aromatic N) is 2. The molecule has 25 heavy (non-hydrogen) atoms. The first kappa shape index (κ1) is 17.6. The molecule has 4 nitrogen and oxygen atoms in total. The summed E-state index contributed by atoms with van der Waals surface area (Å²) in [5.74, 6) is 0.321. The topological polar surface area (TPSA) is 54.9 Å². The summed E-state index contributed by atoms with van der Waals surface area (Å²) in [6, 6.07) is 16.6. The van der Waals surface area contributed by atoms with Crippen molar-refractivity contribution in [2.75, 3.05) is 5.32 Å². The van der Waals surface area contributed by atoms with Crippen LogP contribution in [-0.4, -0.2) is 16.1 Å². The van der Waals surface area contributed by atoms with Crippen LogP contribution >= 0.6 is 23.1 Å². The maximum absolute atomic E-state index is 13.5. The summed E-state index contributed by atoms with van der Waals surface area (Å²) < 4.78 is 14.3. The first-order valence-corrected chi connectivity index (χ1v) is 9.54. The number of aryl methyl sites for hydroxylation is 1. The van der Waals surface area contributed by atoms with Crippen molar-refractivity contribution in [2.45, 2.75) is 22.9 Å². The standard InChI is InChI=1S/C18H16FN3OS2/c19-15-9-5-4-8-14(15)10-11-16(23)20-17-21-22-18(25-17)24-12-13-6-2-1-3-7-13/h1-9H,10-12H2,(H,20,21,23). The summed E-state index contributed by atoms with van der Waals surface area (Å²) in [6.45, 7) is 0. The molecule has 0 atom stereocenters. The van der Waals surface area contributed by atoms with Gasteiger partial charge in [-0.1, -0.05) is 71.6 Å². The van der Waals surface area contributed by atoms with Gasteiger partial charge < -0.3 is 5.32 Å². The van der Waals surface area contributed by atoms with Crippen molar-refractivity contribution in [3.8, 4) is 0 Å². The van der Waals surface area contributed by atoms with E-state index in [9.17, 15) is 9.18 Å². The van der Waals surface area contributed by atoms with Gasteiger partial charge in [-0.05, 0) is 23.6 Å². The van der Waals surface area contributed by atoms with Gasteiger partial charge in [-0.15, -0.1) is 10.2 Å². The molecule has 1 amide bonds. The fraction of sp³-hybridized carbons (Fsp3) is 0.167. The quantitative estimate of drug-likeness (QED) is 0.488. The molecule has 0 radical (unpaired) electrons. The summed E-state index contributed by atoms with van der Waals surface area (Å²) in [7, 11) is 0. The van der Waals surface area contributed by atoms with E-state index in [0.29, 0.717) is 17.1 Å². The van der Waals surface area contributed by atoms with Crippen LogP contribution in [0.5, 0.6) is 0 Å². The van der Waals surface area contributed by atoms with Crippen LogP contribution in [0.4, 0.5) is 9.52 Å². The number of carbonyl (C=O) groups excluding carboxylic acids is 1. The monoisotopic (exact) mass is 373 g/mol. The Morgan fingerprint density at radius 2 is 1.84 bits per heavy atom. The van der Waals surface area contributed by atoms with Crippen molar-refractivity contribution < 1.29 is 9.18 Å². The molecular formula is C18H16FN3OS2. The number of benzene rings is 2. The molecule has 0 aliphatic carbocycles. The number of nitrogens with one attached hydrogen (secondary N) is 1. The van der Waals surface area contributed by atoms with Gasteiger partial charge in [0.2, 0.25) is 11.0 Å². The number of anilines is 1. The number of rotatable bonds is 7. The lowest BCUT2D eigenvalue weighted by atomic mass is 10.1.